The molecule has 0 atom stereocenters. The first-order valence-corrected chi connectivity index (χ1v) is 9.47. The zero-order valence-electron chi connectivity index (χ0n) is 16.4. The van der Waals surface area contributed by atoms with Crippen molar-refractivity contribution in [3.05, 3.63) is 78.1 Å². The number of hydrogen-bond acceptors (Lipinski definition) is 3. The Morgan fingerprint density at radius 3 is 2.11 bits per heavy atom. The van der Waals surface area contributed by atoms with Crippen LogP contribution in [0.3, 0.4) is 0 Å². The molecule has 4 heteroatoms. The molecule has 0 saturated carbocycles. The normalized spacial score (nSPS) is 10.8. The van der Waals surface area contributed by atoms with E-state index >= 15 is 0 Å². The smallest absolute Gasteiger partial charge is 0.131 e. The number of aryl methyl sites for hydroxylation is 1. The third-order valence-corrected chi connectivity index (χ3v) is 4.55. The topological polar surface area (TPSA) is 30.5 Å². The molecule has 0 aliphatic rings. The Kier molecular flexibility index (Phi) is 7.18. The Hall–Kier alpha value is -2.69. The fourth-order valence-electron chi connectivity index (χ4n) is 2.95. The van der Waals surface area contributed by atoms with E-state index in [4.69, 9.17) is 9.47 Å². The van der Waals surface area contributed by atoms with E-state index < -0.39 is 0 Å². The predicted octanol–water partition coefficient (Wildman–Crippen LogP) is 5.08. The fourth-order valence-corrected chi connectivity index (χ4v) is 2.95. The summed E-state index contributed by atoms with van der Waals surface area (Å²) in [5.41, 5.74) is 4.47. The monoisotopic (exact) mass is 379 g/mol. The molecule has 3 aromatic rings. The lowest BCUT2D eigenvalue weighted by molar-refractivity contribution is 0.197. The number of benzene rings is 3. The summed E-state index contributed by atoms with van der Waals surface area (Å²) in [5.74, 6) is 0.581. The molecule has 146 valence electrons. The van der Waals surface area contributed by atoms with Gasteiger partial charge in [0.2, 0.25) is 0 Å². The summed E-state index contributed by atoms with van der Waals surface area (Å²) in [7, 11) is 1.68. The summed E-state index contributed by atoms with van der Waals surface area (Å²) in [6.07, 6.45) is 0. The lowest BCUT2D eigenvalue weighted by Crippen LogP contribution is -2.24. The highest BCUT2D eigenvalue weighted by atomic mass is 19.1. The zero-order chi connectivity index (χ0) is 19.8. The van der Waals surface area contributed by atoms with Crippen LogP contribution in [-0.2, 0) is 4.74 Å². The van der Waals surface area contributed by atoms with Crippen molar-refractivity contribution in [3.8, 4) is 28.0 Å². The third kappa shape index (κ3) is 5.41. The van der Waals surface area contributed by atoms with Crippen LogP contribution in [0.25, 0.3) is 22.3 Å². The first kappa shape index (κ1) is 20.1. The first-order valence-electron chi connectivity index (χ1n) is 9.47. The van der Waals surface area contributed by atoms with E-state index in [2.05, 4.69) is 5.32 Å². The van der Waals surface area contributed by atoms with E-state index in [0.717, 1.165) is 41.1 Å². The molecule has 3 nitrogen and oxygen atoms in total. The molecule has 0 spiro atoms. The Morgan fingerprint density at radius 2 is 1.43 bits per heavy atom. The maximum absolute atomic E-state index is 14.7. The van der Waals surface area contributed by atoms with Gasteiger partial charge in [0, 0.05) is 25.8 Å². The number of hydrogen-bond donors (Lipinski definition) is 1. The summed E-state index contributed by atoms with van der Waals surface area (Å²) in [4.78, 5) is 0. The van der Waals surface area contributed by atoms with Crippen LogP contribution >= 0.6 is 0 Å². The third-order valence-electron chi connectivity index (χ3n) is 4.55. The lowest BCUT2D eigenvalue weighted by atomic mass is 9.99. The molecule has 0 bridgehead atoms. The maximum Gasteiger partial charge on any atom is 0.131 e. The summed E-state index contributed by atoms with van der Waals surface area (Å²) >= 11 is 0. The van der Waals surface area contributed by atoms with Crippen LogP contribution in [0.15, 0.2) is 66.7 Å². The Balaban J connectivity index is 1.62. The van der Waals surface area contributed by atoms with Crippen molar-refractivity contribution in [1.82, 2.24) is 5.32 Å². The molecule has 0 aliphatic heterocycles. The van der Waals surface area contributed by atoms with E-state index in [9.17, 15) is 4.39 Å². The van der Waals surface area contributed by atoms with Crippen LogP contribution in [0.4, 0.5) is 4.39 Å². The second-order valence-electron chi connectivity index (χ2n) is 6.68. The molecule has 0 heterocycles. The van der Waals surface area contributed by atoms with E-state index in [-0.39, 0.29) is 5.82 Å². The minimum absolute atomic E-state index is 0.219. The summed E-state index contributed by atoms with van der Waals surface area (Å²) in [6, 6.07) is 21.0. The molecule has 0 saturated heterocycles. The SMILES string of the molecule is COCCNCCOc1ccc(-c2ccc(-c3ccc(C)cc3)c(F)c2)cc1. The Morgan fingerprint density at radius 1 is 0.786 bits per heavy atom. The second kappa shape index (κ2) is 10.0. The molecular formula is C24H26FNO2. The van der Waals surface area contributed by atoms with E-state index in [1.165, 1.54) is 0 Å². The average Bonchev–Trinajstić information content (AvgIpc) is 2.72. The summed E-state index contributed by atoms with van der Waals surface area (Å²) in [6.45, 7) is 4.87. The van der Waals surface area contributed by atoms with Crippen molar-refractivity contribution < 1.29 is 13.9 Å². The Bertz CT molecular complexity index is 876. The van der Waals surface area contributed by atoms with E-state index in [1.807, 2.05) is 67.6 Å². The molecule has 0 fully saturated rings. The predicted molar refractivity (Wildman–Crippen MR) is 112 cm³/mol. The van der Waals surface area contributed by atoms with Crippen LogP contribution in [0.5, 0.6) is 5.75 Å². The Labute approximate surface area is 166 Å². The van der Waals surface area contributed by atoms with E-state index in [0.29, 0.717) is 18.8 Å². The van der Waals surface area contributed by atoms with Gasteiger partial charge < -0.3 is 14.8 Å². The number of halogens is 1. The second-order valence-corrected chi connectivity index (χ2v) is 6.68. The highest BCUT2D eigenvalue weighted by Gasteiger charge is 2.08. The van der Waals surface area contributed by atoms with Crippen LogP contribution in [0.1, 0.15) is 5.56 Å². The molecular weight excluding hydrogens is 353 g/mol. The highest BCUT2D eigenvalue weighted by Crippen LogP contribution is 2.29. The van der Waals surface area contributed by atoms with Gasteiger partial charge in [-0.05, 0) is 41.8 Å². The zero-order valence-corrected chi connectivity index (χ0v) is 16.4. The molecule has 0 unspecified atom stereocenters. The molecule has 0 aliphatic carbocycles. The minimum atomic E-state index is -0.219. The number of ether oxygens (including phenoxy) is 2. The van der Waals surface area contributed by atoms with Crippen LogP contribution in [-0.4, -0.2) is 33.4 Å². The maximum atomic E-state index is 14.7. The standard InChI is InChI=1S/C24H26FNO2/c1-18-3-5-20(6-4-18)23-12-9-21(17-24(23)25)19-7-10-22(11-8-19)28-16-14-26-13-15-27-2/h3-12,17,26H,13-16H2,1-2H3. The van der Waals surface area contributed by atoms with Crippen LogP contribution < -0.4 is 10.1 Å². The molecule has 3 rings (SSSR count). The van der Waals surface area contributed by atoms with Crippen LogP contribution in [0, 0.1) is 12.7 Å². The number of methoxy groups -OCH3 is 1. The fraction of sp³-hybridized carbons (Fsp3) is 0.250. The van der Waals surface area contributed by atoms with Crippen molar-refractivity contribution in [2.45, 2.75) is 6.92 Å². The molecule has 1 N–H and O–H groups in total. The van der Waals surface area contributed by atoms with Gasteiger partial charge in [0.05, 0.1) is 6.61 Å². The molecule has 3 aromatic carbocycles. The van der Waals surface area contributed by atoms with Gasteiger partial charge in [0.15, 0.2) is 0 Å². The van der Waals surface area contributed by atoms with Gasteiger partial charge in [0.1, 0.15) is 18.2 Å². The van der Waals surface area contributed by atoms with Crippen molar-refractivity contribution in [1.29, 1.82) is 0 Å². The summed E-state index contributed by atoms with van der Waals surface area (Å²) in [5, 5.41) is 3.23. The van der Waals surface area contributed by atoms with Gasteiger partial charge >= 0.3 is 0 Å². The van der Waals surface area contributed by atoms with Gasteiger partial charge in [-0.3, -0.25) is 0 Å². The quantitative estimate of drug-likeness (QED) is 0.526. The summed E-state index contributed by atoms with van der Waals surface area (Å²) < 4.78 is 25.3. The van der Waals surface area contributed by atoms with E-state index in [1.54, 1.807) is 13.2 Å². The number of nitrogens with one attached hydrogen (secondary N) is 1. The largest absolute Gasteiger partial charge is 0.492 e. The average molecular weight is 379 g/mol. The van der Waals surface area contributed by atoms with Gasteiger partial charge in [-0.15, -0.1) is 0 Å². The first-order chi connectivity index (χ1) is 13.7. The lowest BCUT2D eigenvalue weighted by Gasteiger charge is -2.10. The molecule has 0 radical (unpaired) electrons. The molecule has 0 aromatic heterocycles. The van der Waals surface area contributed by atoms with Gasteiger partial charge in [-0.2, -0.15) is 0 Å². The van der Waals surface area contributed by atoms with Crippen molar-refractivity contribution in [2.75, 3.05) is 33.4 Å². The van der Waals surface area contributed by atoms with Gasteiger partial charge in [-0.1, -0.05) is 54.1 Å². The molecule has 28 heavy (non-hydrogen) atoms. The molecule has 0 amide bonds. The van der Waals surface area contributed by atoms with Gasteiger partial charge in [0.25, 0.3) is 0 Å². The van der Waals surface area contributed by atoms with Crippen molar-refractivity contribution >= 4 is 0 Å². The number of rotatable bonds is 9. The highest BCUT2D eigenvalue weighted by molar-refractivity contribution is 5.71. The van der Waals surface area contributed by atoms with Crippen molar-refractivity contribution in [2.24, 2.45) is 0 Å². The van der Waals surface area contributed by atoms with Crippen molar-refractivity contribution in [3.63, 3.8) is 0 Å². The van der Waals surface area contributed by atoms with Gasteiger partial charge in [-0.25, -0.2) is 4.39 Å². The van der Waals surface area contributed by atoms with Crippen LogP contribution in [0.2, 0.25) is 0 Å². The minimum Gasteiger partial charge on any atom is -0.492 e.